The van der Waals surface area contributed by atoms with Gasteiger partial charge in [-0.2, -0.15) is 0 Å². The van der Waals surface area contributed by atoms with Crippen LogP contribution in [0.25, 0.3) is 10.9 Å². The standard InChI is InChI=1S/C26H28N4O6/c1-34-20-11-14(12-21(35-2)24(20)36-3)30-25(32)19(29-26(30)33)13-22(31)27-18-10-6-8-16-15-7-4-5-9-17(15)28-23(16)18/h4-5,7,9,11-12,18-19,28H,6,8,10,13H2,1-3H3,(H,27,31)(H,29,33)/t18-,19-/m0/s1. The van der Waals surface area contributed by atoms with Crippen LogP contribution in [0, 0.1) is 0 Å². The number of hydrogen-bond acceptors (Lipinski definition) is 6. The average molecular weight is 493 g/mol. The molecule has 1 fully saturated rings. The highest BCUT2D eigenvalue weighted by atomic mass is 16.5. The highest BCUT2D eigenvalue weighted by Gasteiger charge is 2.41. The van der Waals surface area contributed by atoms with Gasteiger partial charge in [0, 0.05) is 28.7 Å². The number of fused-ring (bicyclic) bond motifs is 3. The number of imide groups is 1. The molecule has 3 N–H and O–H groups in total. The number of nitrogens with one attached hydrogen (secondary N) is 3. The Bertz CT molecular complexity index is 1320. The smallest absolute Gasteiger partial charge is 0.329 e. The van der Waals surface area contributed by atoms with Crippen LogP contribution in [0.2, 0.25) is 0 Å². The summed E-state index contributed by atoms with van der Waals surface area (Å²) in [4.78, 5) is 43.3. The van der Waals surface area contributed by atoms with E-state index in [1.165, 1.54) is 44.4 Å². The van der Waals surface area contributed by atoms with Gasteiger partial charge in [0.2, 0.25) is 11.7 Å². The number of hydrogen-bond donors (Lipinski definition) is 3. The molecule has 1 aromatic heterocycles. The summed E-state index contributed by atoms with van der Waals surface area (Å²) in [6, 6.07) is 9.34. The van der Waals surface area contributed by atoms with Gasteiger partial charge in [-0.3, -0.25) is 9.59 Å². The lowest BCUT2D eigenvalue weighted by Gasteiger charge is -2.24. The number of aryl methyl sites for hydroxylation is 1. The summed E-state index contributed by atoms with van der Waals surface area (Å²) in [5, 5.41) is 6.85. The lowest BCUT2D eigenvalue weighted by molar-refractivity contribution is -0.126. The van der Waals surface area contributed by atoms with Crippen molar-refractivity contribution in [3.63, 3.8) is 0 Å². The number of carbonyl (C=O) groups excluding carboxylic acids is 3. The van der Waals surface area contributed by atoms with Crippen LogP contribution in [0.4, 0.5) is 10.5 Å². The number of amides is 4. The van der Waals surface area contributed by atoms with Gasteiger partial charge < -0.3 is 29.8 Å². The van der Waals surface area contributed by atoms with E-state index >= 15 is 0 Å². The van der Waals surface area contributed by atoms with Gasteiger partial charge in [0.1, 0.15) is 6.04 Å². The van der Waals surface area contributed by atoms with Crippen molar-refractivity contribution in [2.24, 2.45) is 0 Å². The third-order valence-electron chi connectivity index (χ3n) is 6.77. The van der Waals surface area contributed by atoms with Gasteiger partial charge in [-0.05, 0) is 30.9 Å². The monoisotopic (exact) mass is 492 g/mol. The largest absolute Gasteiger partial charge is 0.493 e. The predicted molar refractivity (Wildman–Crippen MR) is 133 cm³/mol. The number of anilines is 1. The van der Waals surface area contributed by atoms with E-state index < -0.39 is 18.0 Å². The summed E-state index contributed by atoms with van der Waals surface area (Å²) in [5.41, 5.74) is 3.53. The third kappa shape index (κ3) is 3.98. The van der Waals surface area contributed by atoms with Crippen molar-refractivity contribution in [2.45, 2.75) is 37.8 Å². The summed E-state index contributed by atoms with van der Waals surface area (Å²) in [7, 11) is 4.36. The molecule has 0 radical (unpaired) electrons. The molecule has 3 aromatic rings. The third-order valence-corrected chi connectivity index (χ3v) is 6.77. The summed E-state index contributed by atoms with van der Waals surface area (Å²) >= 11 is 0. The first kappa shape index (κ1) is 23.5. The van der Waals surface area contributed by atoms with Crippen LogP contribution in [-0.2, 0) is 16.0 Å². The summed E-state index contributed by atoms with van der Waals surface area (Å²) < 4.78 is 16.0. The van der Waals surface area contributed by atoms with E-state index in [4.69, 9.17) is 14.2 Å². The van der Waals surface area contributed by atoms with E-state index in [-0.39, 0.29) is 24.1 Å². The van der Waals surface area contributed by atoms with E-state index in [0.717, 1.165) is 35.4 Å². The zero-order valence-corrected chi connectivity index (χ0v) is 20.3. The van der Waals surface area contributed by atoms with Crippen molar-refractivity contribution in [2.75, 3.05) is 26.2 Å². The average Bonchev–Trinajstić information content (AvgIpc) is 3.40. The highest BCUT2D eigenvalue weighted by Crippen LogP contribution is 2.42. The molecule has 1 aliphatic heterocycles. The van der Waals surface area contributed by atoms with Gasteiger partial charge in [-0.1, -0.05) is 18.2 Å². The maximum atomic E-state index is 13.2. The second-order valence-corrected chi connectivity index (χ2v) is 8.84. The number of aromatic amines is 1. The number of aromatic nitrogens is 1. The fourth-order valence-electron chi connectivity index (χ4n) is 5.11. The van der Waals surface area contributed by atoms with Crippen molar-refractivity contribution in [1.29, 1.82) is 0 Å². The zero-order chi connectivity index (χ0) is 25.4. The van der Waals surface area contributed by atoms with Crippen LogP contribution < -0.4 is 29.7 Å². The van der Waals surface area contributed by atoms with Crippen LogP contribution in [-0.4, -0.2) is 50.2 Å². The second kappa shape index (κ2) is 9.44. The first-order valence-electron chi connectivity index (χ1n) is 11.8. The fourth-order valence-corrected chi connectivity index (χ4v) is 5.11. The summed E-state index contributed by atoms with van der Waals surface area (Å²) in [6.07, 6.45) is 2.53. The van der Waals surface area contributed by atoms with E-state index in [2.05, 4.69) is 21.7 Å². The lowest BCUT2D eigenvalue weighted by atomic mass is 9.91. The van der Waals surface area contributed by atoms with Gasteiger partial charge in [0.15, 0.2) is 11.5 Å². The fraction of sp³-hybridized carbons (Fsp3) is 0.346. The SMILES string of the molecule is COc1cc(N2C(=O)N[C@@H](CC(=O)N[C@H]3CCCc4c3[nH]c3ccccc43)C2=O)cc(OC)c1OC. The van der Waals surface area contributed by atoms with Crippen molar-refractivity contribution < 1.29 is 28.6 Å². The first-order valence-corrected chi connectivity index (χ1v) is 11.8. The second-order valence-electron chi connectivity index (χ2n) is 8.84. The van der Waals surface area contributed by atoms with Crippen molar-refractivity contribution in [1.82, 2.24) is 15.6 Å². The Hall–Kier alpha value is -4.21. The first-order chi connectivity index (χ1) is 17.4. The van der Waals surface area contributed by atoms with Crippen LogP contribution in [0.3, 0.4) is 0 Å². The Morgan fingerprint density at radius 1 is 1.08 bits per heavy atom. The van der Waals surface area contributed by atoms with Gasteiger partial charge in [-0.25, -0.2) is 9.69 Å². The summed E-state index contributed by atoms with van der Waals surface area (Å²) in [5.74, 6) is 0.118. The van der Waals surface area contributed by atoms with Crippen LogP contribution in [0.15, 0.2) is 36.4 Å². The highest BCUT2D eigenvalue weighted by molar-refractivity contribution is 6.22. The summed E-state index contributed by atoms with van der Waals surface area (Å²) in [6.45, 7) is 0. The molecule has 10 heteroatoms. The number of benzene rings is 2. The molecule has 5 rings (SSSR count). The minimum Gasteiger partial charge on any atom is -0.493 e. The molecule has 0 saturated carbocycles. The van der Waals surface area contributed by atoms with E-state index in [9.17, 15) is 14.4 Å². The van der Waals surface area contributed by atoms with Crippen LogP contribution in [0.5, 0.6) is 17.2 Å². The van der Waals surface area contributed by atoms with Crippen LogP contribution >= 0.6 is 0 Å². The number of ether oxygens (including phenoxy) is 3. The van der Waals surface area contributed by atoms with Gasteiger partial charge in [0.05, 0.1) is 39.5 Å². The lowest BCUT2D eigenvalue weighted by Crippen LogP contribution is -2.38. The molecule has 0 spiro atoms. The number of H-pyrrole nitrogens is 1. The molecule has 10 nitrogen and oxygen atoms in total. The minimum atomic E-state index is -0.984. The van der Waals surface area contributed by atoms with E-state index in [0.29, 0.717) is 17.2 Å². The number of methoxy groups -OCH3 is 3. The van der Waals surface area contributed by atoms with E-state index in [1.807, 2.05) is 18.2 Å². The maximum Gasteiger partial charge on any atom is 0.329 e. The Balaban J connectivity index is 1.32. The molecule has 4 amide bonds. The molecule has 2 aliphatic rings. The predicted octanol–water partition coefficient (Wildman–Crippen LogP) is 3.20. The van der Waals surface area contributed by atoms with E-state index in [1.54, 1.807) is 0 Å². The van der Waals surface area contributed by atoms with Gasteiger partial charge >= 0.3 is 6.03 Å². The molecule has 2 aromatic carbocycles. The molecular formula is C26H28N4O6. The molecular weight excluding hydrogens is 464 g/mol. The molecule has 36 heavy (non-hydrogen) atoms. The number of para-hydroxylation sites is 1. The van der Waals surface area contributed by atoms with Crippen LogP contribution in [0.1, 0.15) is 36.6 Å². The minimum absolute atomic E-state index is 0.169. The number of urea groups is 1. The molecule has 188 valence electrons. The Morgan fingerprint density at radius 3 is 2.50 bits per heavy atom. The topological polar surface area (TPSA) is 122 Å². The molecule has 1 saturated heterocycles. The normalized spacial score (nSPS) is 19.1. The number of nitrogens with zero attached hydrogens (tertiary/aromatic N) is 1. The Kier molecular flexibility index (Phi) is 6.17. The molecule has 1 aliphatic carbocycles. The van der Waals surface area contributed by atoms with Gasteiger partial charge in [0.25, 0.3) is 5.91 Å². The molecule has 2 heterocycles. The number of carbonyl (C=O) groups is 3. The molecule has 0 unspecified atom stereocenters. The van der Waals surface area contributed by atoms with Gasteiger partial charge in [-0.15, -0.1) is 0 Å². The van der Waals surface area contributed by atoms with Crippen molar-refractivity contribution >= 4 is 34.4 Å². The zero-order valence-electron chi connectivity index (χ0n) is 20.3. The van der Waals surface area contributed by atoms with Crippen molar-refractivity contribution in [3.8, 4) is 17.2 Å². The molecule has 2 atom stereocenters. The Morgan fingerprint density at radius 2 is 1.81 bits per heavy atom. The molecule has 0 bridgehead atoms. The van der Waals surface area contributed by atoms with Crippen molar-refractivity contribution in [3.05, 3.63) is 47.7 Å². The quantitative estimate of drug-likeness (QED) is 0.436. The number of rotatable bonds is 7. The maximum absolute atomic E-state index is 13.2. The Labute approximate surface area is 207 Å².